The summed E-state index contributed by atoms with van der Waals surface area (Å²) >= 11 is 0. The van der Waals surface area contributed by atoms with Crippen molar-refractivity contribution in [1.82, 2.24) is 9.55 Å². The minimum Gasteiger partial charge on any atom is -0.378 e. The number of ether oxygens (including phenoxy) is 1. The Morgan fingerprint density at radius 1 is 1.00 bits per heavy atom. The molecule has 24 heavy (non-hydrogen) atoms. The van der Waals surface area contributed by atoms with Gasteiger partial charge in [0.25, 0.3) is 0 Å². The summed E-state index contributed by atoms with van der Waals surface area (Å²) in [6, 6.07) is 13.1. The van der Waals surface area contributed by atoms with Gasteiger partial charge in [-0.2, -0.15) is 0 Å². The number of rotatable bonds is 2. The zero-order valence-corrected chi connectivity index (χ0v) is 13.9. The summed E-state index contributed by atoms with van der Waals surface area (Å²) in [6.07, 6.45) is 10.1. The molecular formula is C21H22N2O. The monoisotopic (exact) mass is 318 g/mol. The van der Waals surface area contributed by atoms with Gasteiger partial charge in [0.05, 0.1) is 11.6 Å². The Labute approximate surface area is 141 Å². The van der Waals surface area contributed by atoms with E-state index in [-0.39, 0.29) is 5.54 Å². The molecule has 1 saturated heterocycles. The third kappa shape index (κ3) is 1.50. The molecule has 2 bridgehead atoms. The summed E-state index contributed by atoms with van der Waals surface area (Å²) in [6.45, 7) is 0.969. The Morgan fingerprint density at radius 2 is 1.83 bits per heavy atom. The highest BCUT2D eigenvalue weighted by Crippen LogP contribution is 2.74. The van der Waals surface area contributed by atoms with Gasteiger partial charge in [0.15, 0.2) is 0 Å². The van der Waals surface area contributed by atoms with Gasteiger partial charge in [-0.3, -0.25) is 0 Å². The first-order chi connectivity index (χ1) is 11.8. The molecular weight excluding hydrogens is 296 g/mol. The number of para-hydroxylation sites is 1. The fourth-order valence-corrected chi connectivity index (χ4v) is 5.89. The van der Waals surface area contributed by atoms with Gasteiger partial charge in [-0.1, -0.05) is 18.2 Å². The second-order valence-corrected chi connectivity index (χ2v) is 8.20. The fraction of sp³-hybridized carbons (Fsp3) is 0.476. The molecule has 3 heteroatoms. The molecule has 0 N–H and O–H groups in total. The highest BCUT2D eigenvalue weighted by molar-refractivity contribution is 6.06. The van der Waals surface area contributed by atoms with Crippen LogP contribution < -0.4 is 0 Å². The number of nitrogens with zero attached hydrogens (tertiary/aromatic N) is 2. The first-order valence-electron chi connectivity index (χ1n) is 9.28. The third-order valence-electron chi connectivity index (χ3n) is 6.81. The molecule has 3 heterocycles. The maximum atomic E-state index is 6.14. The van der Waals surface area contributed by atoms with Gasteiger partial charge in [0.1, 0.15) is 5.65 Å². The van der Waals surface area contributed by atoms with Crippen molar-refractivity contribution in [2.24, 2.45) is 5.41 Å². The van der Waals surface area contributed by atoms with Crippen molar-refractivity contribution in [3.8, 4) is 0 Å². The van der Waals surface area contributed by atoms with Crippen LogP contribution in [0.1, 0.15) is 38.5 Å². The SMILES string of the molecule is c1ccc2c(c1)c1cccnc1n2C12CC(C3CCCCO3)(C1)C2. The number of fused-ring (bicyclic) bond motifs is 3. The van der Waals surface area contributed by atoms with Crippen molar-refractivity contribution in [2.75, 3.05) is 6.61 Å². The van der Waals surface area contributed by atoms with E-state index in [0.29, 0.717) is 11.5 Å². The van der Waals surface area contributed by atoms with Crippen LogP contribution in [-0.2, 0) is 10.3 Å². The zero-order valence-electron chi connectivity index (χ0n) is 13.9. The van der Waals surface area contributed by atoms with Crippen molar-refractivity contribution in [3.05, 3.63) is 42.6 Å². The van der Waals surface area contributed by atoms with E-state index >= 15 is 0 Å². The Kier molecular flexibility index (Phi) is 2.46. The molecule has 3 aromatic rings. The van der Waals surface area contributed by atoms with Crippen molar-refractivity contribution >= 4 is 21.9 Å². The molecule has 0 amide bonds. The van der Waals surface area contributed by atoms with Crippen LogP contribution in [0.5, 0.6) is 0 Å². The second kappa shape index (κ2) is 4.40. The first-order valence-corrected chi connectivity index (χ1v) is 9.28. The van der Waals surface area contributed by atoms with Crippen LogP contribution in [-0.4, -0.2) is 22.3 Å². The number of aromatic nitrogens is 2. The van der Waals surface area contributed by atoms with Crippen LogP contribution in [0.25, 0.3) is 21.9 Å². The Morgan fingerprint density at radius 3 is 2.67 bits per heavy atom. The van der Waals surface area contributed by atoms with E-state index < -0.39 is 0 Å². The summed E-state index contributed by atoms with van der Waals surface area (Å²) in [7, 11) is 0. The van der Waals surface area contributed by atoms with Crippen molar-refractivity contribution in [3.63, 3.8) is 0 Å². The van der Waals surface area contributed by atoms with Crippen molar-refractivity contribution in [2.45, 2.75) is 50.2 Å². The highest BCUT2D eigenvalue weighted by atomic mass is 16.5. The predicted molar refractivity (Wildman–Crippen MR) is 95.1 cm³/mol. The highest BCUT2D eigenvalue weighted by Gasteiger charge is 2.72. The lowest BCUT2D eigenvalue weighted by molar-refractivity contribution is -0.257. The largest absolute Gasteiger partial charge is 0.378 e. The minimum atomic E-state index is 0.288. The van der Waals surface area contributed by atoms with Crippen LogP contribution in [0.2, 0.25) is 0 Å². The molecule has 3 saturated carbocycles. The lowest BCUT2D eigenvalue weighted by atomic mass is 9.37. The molecule has 1 aliphatic heterocycles. The molecule has 1 atom stereocenters. The van der Waals surface area contributed by atoms with Gasteiger partial charge in [-0.25, -0.2) is 4.98 Å². The first kappa shape index (κ1) is 13.4. The van der Waals surface area contributed by atoms with Crippen LogP contribution in [0.3, 0.4) is 0 Å². The Balaban J connectivity index is 1.45. The molecule has 122 valence electrons. The van der Waals surface area contributed by atoms with E-state index in [2.05, 4.69) is 41.0 Å². The second-order valence-electron chi connectivity index (χ2n) is 8.20. The lowest BCUT2D eigenvalue weighted by Crippen LogP contribution is -2.72. The van der Waals surface area contributed by atoms with E-state index in [4.69, 9.17) is 9.72 Å². The molecule has 3 aliphatic carbocycles. The average Bonchev–Trinajstić information content (AvgIpc) is 2.89. The molecule has 4 fully saturated rings. The van der Waals surface area contributed by atoms with E-state index in [9.17, 15) is 0 Å². The maximum Gasteiger partial charge on any atom is 0.141 e. The van der Waals surface area contributed by atoms with Gasteiger partial charge < -0.3 is 9.30 Å². The van der Waals surface area contributed by atoms with Gasteiger partial charge >= 0.3 is 0 Å². The van der Waals surface area contributed by atoms with Crippen LogP contribution in [0.4, 0.5) is 0 Å². The standard InChI is InChI=1S/C21H22N2O/c1-2-8-17-15(6-1)16-7-5-10-22-19(16)23(17)21-12-20(13-21,14-21)18-9-3-4-11-24-18/h1-2,5-8,10,18H,3-4,9,11-14H2. The van der Waals surface area contributed by atoms with Crippen molar-refractivity contribution < 1.29 is 4.74 Å². The molecule has 0 spiro atoms. The summed E-state index contributed by atoms with van der Waals surface area (Å²) in [5.74, 6) is 0. The predicted octanol–water partition coefficient (Wildman–Crippen LogP) is 4.64. The smallest absolute Gasteiger partial charge is 0.141 e. The molecule has 7 rings (SSSR count). The van der Waals surface area contributed by atoms with E-state index in [0.717, 1.165) is 12.3 Å². The summed E-state index contributed by atoms with van der Waals surface area (Å²) in [5.41, 5.74) is 3.27. The molecule has 1 aromatic carbocycles. The van der Waals surface area contributed by atoms with Crippen molar-refractivity contribution in [1.29, 1.82) is 0 Å². The Hall–Kier alpha value is -1.87. The third-order valence-corrected chi connectivity index (χ3v) is 6.81. The molecule has 0 radical (unpaired) electrons. The zero-order chi connectivity index (χ0) is 15.8. The Bertz CT molecular complexity index is 878. The van der Waals surface area contributed by atoms with Crippen LogP contribution in [0, 0.1) is 5.41 Å². The van der Waals surface area contributed by atoms with E-state index in [1.807, 2.05) is 6.20 Å². The minimum absolute atomic E-state index is 0.288. The molecule has 2 aromatic heterocycles. The number of hydrogen-bond acceptors (Lipinski definition) is 2. The normalized spacial score (nSPS) is 34.9. The topological polar surface area (TPSA) is 27.1 Å². The van der Waals surface area contributed by atoms with E-state index in [1.54, 1.807) is 0 Å². The average molecular weight is 318 g/mol. The van der Waals surface area contributed by atoms with Gasteiger partial charge in [-0.15, -0.1) is 0 Å². The van der Waals surface area contributed by atoms with E-state index in [1.165, 1.54) is 54.8 Å². The maximum absolute atomic E-state index is 6.14. The number of pyridine rings is 1. The summed E-state index contributed by atoms with van der Waals surface area (Å²) in [4.78, 5) is 4.76. The molecule has 3 nitrogen and oxygen atoms in total. The molecule has 4 aliphatic rings. The molecule has 1 unspecified atom stereocenters. The van der Waals surface area contributed by atoms with Gasteiger partial charge in [0, 0.05) is 34.5 Å². The summed E-state index contributed by atoms with van der Waals surface area (Å²) in [5, 5.41) is 2.63. The fourth-order valence-electron chi connectivity index (χ4n) is 5.89. The quantitative estimate of drug-likeness (QED) is 0.688. The van der Waals surface area contributed by atoms with Crippen LogP contribution >= 0.6 is 0 Å². The lowest BCUT2D eigenvalue weighted by Gasteiger charge is -2.73. The van der Waals surface area contributed by atoms with Gasteiger partial charge in [-0.05, 0) is 56.7 Å². The number of hydrogen-bond donors (Lipinski definition) is 0. The summed E-state index contributed by atoms with van der Waals surface area (Å²) < 4.78 is 8.69. The number of benzene rings is 1. The van der Waals surface area contributed by atoms with Crippen LogP contribution in [0.15, 0.2) is 42.6 Å². The van der Waals surface area contributed by atoms with Gasteiger partial charge in [0.2, 0.25) is 0 Å².